The molecule has 0 spiro atoms. The number of hydrogen-bond acceptors (Lipinski definition) is 3. The van der Waals surface area contributed by atoms with E-state index in [4.69, 9.17) is 0 Å². The van der Waals surface area contributed by atoms with E-state index in [0.29, 0.717) is 13.0 Å². The number of anilines is 2. The Hall–Kier alpha value is -2.40. The Bertz CT molecular complexity index is 754. The third-order valence-corrected chi connectivity index (χ3v) is 5.14. The lowest BCUT2D eigenvalue weighted by molar-refractivity contribution is -0.118. The van der Waals surface area contributed by atoms with Crippen LogP contribution in [0.25, 0.3) is 0 Å². The van der Waals surface area contributed by atoms with Crippen LogP contribution < -0.4 is 9.80 Å². The highest BCUT2D eigenvalue weighted by atomic mass is 19.1. The van der Waals surface area contributed by atoms with Gasteiger partial charge in [-0.15, -0.1) is 0 Å². The number of piperazine rings is 1. The van der Waals surface area contributed by atoms with Gasteiger partial charge in [0.2, 0.25) is 5.91 Å². The van der Waals surface area contributed by atoms with Crippen LogP contribution >= 0.6 is 0 Å². The molecule has 4 nitrogen and oxygen atoms in total. The first-order chi connectivity index (χ1) is 13.1. The van der Waals surface area contributed by atoms with Crippen molar-refractivity contribution in [2.24, 2.45) is 0 Å². The van der Waals surface area contributed by atoms with Crippen molar-refractivity contribution in [2.75, 3.05) is 49.1 Å². The predicted octanol–water partition coefficient (Wildman–Crippen LogP) is 3.70. The molecular formula is C22H28FN3O. The highest BCUT2D eigenvalue weighted by molar-refractivity contribution is 5.93. The Morgan fingerprint density at radius 2 is 1.78 bits per heavy atom. The number of carbonyl (C=O) groups is 1. The minimum atomic E-state index is -0.204. The summed E-state index contributed by atoms with van der Waals surface area (Å²) >= 11 is 0. The molecule has 1 aliphatic heterocycles. The van der Waals surface area contributed by atoms with Gasteiger partial charge in [-0.3, -0.25) is 9.69 Å². The van der Waals surface area contributed by atoms with E-state index in [2.05, 4.69) is 15.9 Å². The molecule has 0 unspecified atom stereocenters. The van der Waals surface area contributed by atoms with E-state index in [9.17, 15) is 9.18 Å². The topological polar surface area (TPSA) is 26.8 Å². The van der Waals surface area contributed by atoms with E-state index in [1.54, 1.807) is 0 Å². The molecule has 0 atom stereocenters. The molecule has 1 saturated heterocycles. The standard InChI is InChI=1S/C22H28FN3O/c1-3-26(21-6-4-5-18(2)17-21)22(27)11-12-24-13-15-25(16-14-24)20-9-7-19(23)8-10-20/h4-10,17H,3,11-16H2,1-2H3. The molecule has 2 aromatic rings. The smallest absolute Gasteiger partial charge is 0.228 e. The molecule has 1 amide bonds. The van der Waals surface area contributed by atoms with Crippen LogP contribution in [0.2, 0.25) is 0 Å². The molecule has 0 saturated carbocycles. The summed E-state index contributed by atoms with van der Waals surface area (Å²) in [6.07, 6.45) is 0.526. The Labute approximate surface area is 161 Å². The van der Waals surface area contributed by atoms with Crippen LogP contribution in [0.4, 0.5) is 15.8 Å². The van der Waals surface area contributed by atoms with Crippen LogP contribution in [0.1, 0.15) is 18.9 Å². The number of carbonyl (C=O) groups excluding carboxylic acids is 1. The van der Waals surface area contributed by atoms with Gasteiger partial charge in [-0.1, -0.05) is 12.1 Å². The SMILES string of the molecule is CCN(C(=O)CCN1CCN(c2ccc(F)cc2)CC1)c1cccc(C)c1. The van der Waals surface area contributed by atoms with E-state index in [0.717, 1.165) is 49.7 Å². The number of nitrogens with zero attached hydrogens (tertiary/aromatic N) is 3. The lowest BCUT2D eigenvalue weighted by Gasteiger charge is -2.36. The predicted molar refractivity (Wildman–Crippen MR) is 109 cm³/mol. The fourth-order valence-corrected chi connectivity index (χ4v) is 3.57. The summed E-state index contributed by atoms with van der Waals surface area (Å²) in [5, 5.41) is 0. The highest BCUT2D eigenvalue weighted by Gasteiger charge is 2.20. The Morgan fingerprint density at radius 3 is 2.41 bits per heavy atom. The summed E-state index contributed by atoms with van der Waals surface area (Å²) in [6, 6.07) is 14.8. The second-order valence-electron chi connectivity index (χ2n) is 7.03. The number of amides is 1. The van der Waals surface area contributed by atoms with Gasteiger partial charge in [0.05, 0.1) is 0 Å². The molecule has 1 heterocycles. The molecule has 0 aromatic heterocycles. The fourth-order valence-electron chi connectivity index (χ4n) is 3.57. The van der Waals surface area contributed by atoms with E-state index in [1.807, 2.05) is 49.1 Å². The third-order valence-electron chi connectivity index (χ3n) is 5.14. The van der Waals surface area contributed by atoms with Crippen molar-refractivity contribution < 1.29 is 9.18 Å². The average molecular weight is 369 g/mol. The van der Waals surface area contributed by atoms with Crippen LogP contribution in [0.15, 0.2) is 48.5 Å². The van der Waals surface area contributed by atoms with E-state index >= 15 is 0 Å². The monoisotopic (exact) mass is 369 g/mol. The van der Waals surface area contributed by atoms with Crippen LogP contribution in [0, 0.1) is 12.7 Å². The summed E-state index contributed by atoms with van der Waals surface area (Å²) in [6.45, 7) is 9.15. The van der Waals surface area contributed by atoms with Crippen LogP contribution in [0.5, 0.6) is 0 Å². The van der Waals surface area contributed by atoms with Gasteiger partial charge in [-0.05, 0) is 55.8 Å². The van der Waals surface area contributed by atoms with Crippen molar-refractivity contribution in [1.29, 1.82) is 0 Å². The van der Waals surface area contributed by atoms with Crippen molar-refractivity contribution in [3.05, 3.63) is 59.9 Å². The third kappa shape index (κ3) is 5.07. The quantitative estimate of drug-likeness (QED) is 0.777. The molecule has 144 valence electrons. The Morgan fingerprint density at radius 1 is 1.07 bits per heavy atom. The van der Waals surface area contributed by atoms with Crippen molar-refractivity contribution in [2.45, 2.75) is 20.3 Å². The van der Waals surface area contributed by atoms with Gasteiger partial charge in [0.1, 0.15) is 5.82 Å². The first-order valence-electron chi connectivity index (χ1n) is 9.66. The summed E-state index contributed by atoms with van der Waals surface area (Å²) in [4.78, 5) is 19.2. The second-order valence-corrected chi connectivity index (χ2v) is 7.03. The van der Waals surface area contributed by atoms with Crippen LogP contribution in [-0.2, 0) is 4.79 Å². The number of benzene rings is 2. The summed E-state index contributed by atoms with van der Waals surface area (Å²) in [5.41, 5.74) is 3.20. The first kappa shape index (κ1) is 19.4. The molecule has 0 bridgehead atoms. The molecule has 3 rings (SSSR count). The van der Waals surface area contributed by atoms with Gasteiger partial charge < -0.3 is 9.80 Å². The minimum Gasteiger partial charge on any atom is -0.369 e. The largest absolute Gasteiger partial charge is 0.369 e. The summed E-state index contributed by atoms with van der Waals surface area (Å²) in [5.74, 6) is -0.0333. The maximum Gasteiger partial charge on any atom is 0.228 e. The molecule has 5 heteroatoms. The molecule has 1 aliphatic rings. The van der Waals surface area contributed by atoms with Crippen LogP contribution in [-0.4, -0.2) is 50.1 Å². The summed E-state index contributed by atoms with van der Waals surface area (Å²) in [7, 11) is 0. The van der Waals surface area contributed by atoms with Gasteiger partial charge in [-0.2, -0.15) is 0 Å². The van der Waals surface area contributed by atoms with E-state index < -0.39 is 0 Å². The zero-order valence-corrected chi connectivity index (χ0v) is 16.2. The number of aryl methyl sites for hydroxylation is 1. The Balaban J connectivity index is 1.49. The number of halogens is 1. The first-order valence-corrected chi connectivity index (χ1v) is 9.66. The average Bonchev–Trinajstić information content (AvgIpc) is 2.68. The molecular weight excluding hydrogens is 341 g/mol. The van der Waals surface area contributed by atoms with E-state index in [1.165, 1.54) is 12.1 Å². The molecule has 1 fully saturated rings. The van der Waals surface area contributed by atoms with Gasteiger partial charge in [0.25, 0.3) is 0 Å². The van der Waals surface area contributed by atoms with Gasteiger partial charge >= 0.3 is 0 Å². The normalized spacial score (nSPS) is 15.0. The molecule has 27 heavy (non-hydrogen) atoms. The zero-order valence-electron chi connectivity index (χ0n) is 16.2. The van der Waals surface area contributed by atoms with Crippen LogP contribution in [0.3, 0.4) is 0 Å². The highest BCUT2D eigenvalue weighted by Crippen LogP contribution is 2.19. The number of rotatable bonds is 6. The van der Waals surface area contributed by atoms with Crippen molar-refractivity contribution in [3.63, 3.8) is 0 Å². The molecule has 0 aliphatic carbocycles. The van der Waals surface area contributed by atoms with Gasteiger partial charge in [0.15, 0.2) is 0 Å². The Kier molecular flexibility index (Phi) is 6.45. The lowest BCUT2D eigenvalue weighted by Crippen LogP contribution is -2.47. The van der Waals surface area contributed by atoms with Gasteiger partial charge in [-0.25, -0.2) is 4.39 Å². The second kappa shape index (κ2) is 9.00. The van der Waals surface area contributed by atoms with Crippen molar-refractivity contribution >= 4 is 17.3 Å². The van der Waals surface area contributed by atoms with E-state index in [-0.39, 0.29) is 11.7 Å². The van der Waals surface area contributed by atoms with Gasteiger partial charge in [0, 0.05) is 57.1 Å². The lowest BCUT2D eigenvalue weighted by atomic mass is 10.2. The molecule has 2 aromatic carbocycles. The minimum absolute atomic E-state index is 0.170. The maximum atomic E-state index is 13.1. The molecule has 0 radical (unpaired) electrons. The van der Waals surface area contributed by atoms with Crippen molar-refractivity contribution in [1.82, 2.24) is 4.90 Å². The zero-order chi connectivity index (χ0) is 19.2. The molecule has 0 N–H and O–H groups in total. The number of hydrogen-bond donors (Lipinski definition) is 0. The van der Waals surface area contributed by atoms with Crippen molar-refractivity contribution in [3.8, 4) is 0 Å². The maximum absolute atomic E-state index is 13.1. The summed E-state index contributed by atoms with van der Waals surface area (Å²) < 4.78 is 13.1. The fraction of sp³-hybridized carbons (Fsp3) is 0.409.